The maximum Gasteiger partial charge on any atom is 0.136 e. The number of ketones is 1. The molecule has 2 aliphatic rings. The standard InChI is InChI=1S/C11H18O/c1-7-4-6-10(12)11-8(2)3-5-9(7)11/h7-9,11H,3-6H2,1-2H3/t7-,8-,9-,11+/m0/s1. The van der Waals surface area contributed by atoms with Crippen LogP contribution in [0, 0.1) is 23.7 Å². The van der Waals surface area contributed by atoms with Gasteiger partial charge in [0.1, 0.15) is 5.78 Å². The van der Waals surface area contributed by atoms with E-state index in [1.165, 1.54) is 12.8 Å². The fourth-order valence-electron chi connectivity index (χ4n) is 3.18. The van der Waals surface area contributed by atoms with E-state index in [1.807, 2.05) is 0 Å². The number of carbonyl (C=O) groups excluding carboxylic acids is 1. The highest BCUT2D eigenvalue weighted by Crippen LogP contribution is 2.46. The Bertz CT molecular complexity index is 197. The highest BCUT2D eigenvalue weighted by atomic mass is 16.1. The fourth-order valence-corrected chi connectivity index (χ4v) is 3.18. The van der Waals surface area contributed by atoms with Crippen molar-refractivity contribution in [2.24, 2.45) is 23.7 Å². The lowest BCUT2D eigenvalue weighted by molar-refractivity contribution is -0.128. The van der Waals surface area contributed by atoms with Gasteiger partial charge < -0.3 is 0 Å². The van der Waals surface area contributed by atoms with Gasteiger partial charge in [-0.25, -0.2) is 0 Å². The van der Waals surface area contributed by atoms with Crippen LogP contribution in [0.5, 0.6) is 0 Å². The van der Waals surface area contributed by atoms with E-state index in [-0.39, 0.29) is 0 Å². The topological polar surface area (TPSA) is 17.1 Å². The minimum Gasteiger partial charge on any atom is -0.299 e. The van der Waals surface area contributed by atoms with Gasteiger partial charge >= 0.3 is 0 Å². The van der Waals surface area contributed by atoms with Gasteiger partial charge in [0, 0.05) is 12.3 Å². The largest absolute Gasteiger partial charge is 0.299 e. The van der Waals surface area contributed by atoms with Crippen LogP contribution in [0.2, 0.25) is 0 Å². The summed E-state index contributed by atoms with van der Waals surface area (Å²) in [6.45, 7) is 4.57. The zero-order valence-electron chi connectivity index (χ0n) is 8.05. The Hall–Kier alpha value is -0.330. The molecular formula is C11H18O. The molecule has 2 saturated carbocycles. The summed E-state index contributed by atoms with van der Waals surface area (Å²) in [5.41, 5.74) is 0. The molecule has 0 amide bonds. The van der Waals surface area contributed by atoms with Crippen LogP contribution in [0.25, 0.3) is 0 Å². The molecule has 0 spiro atoms. The fraction of sp³-hybridized carbons (Fsp3) is 0.909. The minimum absolute atomic E-state index is 0.439. The van der Waals surface area contributed by atoms with Gasteiger partial charge in [-0.05, 0) is 37.0 Å². The van der Waals surface area contributed by atoms with Gasteiger partial charge in [-0.15, -0.1) is 0 Å². The average molecular weight is 166 g/mol. The van der Waals surface area contributed by atoms with E-state index in [0.717, 1.165) is 24.7 Å². The molecule has 0 radical (unpaired) electrons. The lowest BCUT2D eigenvalue weighted by Crippen LogP contribution is -2.32. The molecule has 0 bridgehead atoms. The maximum atomic E-state index is 11.6. The number of fused-ring (bicyclic) bond motifs is 1. The molecule has 2 fully saturated rings. The van der Waals surface area contributed by atoms with E-state index in [4.69, 9.17) is 0 Å². The summed E-state index contributed by atoms with van der Waals surface area (Å²) < 4.78 is 0. The summed E-state index contributed by atoms with van der Waals surface area (Å²) >= 11 is 0. The summed E-state index contributed by atoms with van der Waals surface area (Å²) in [6, 6.07) is 0. The van der Waals surface area contributed by atoms with E-state index < -0.39 is 0 Å². The molecule has 0 heterocycles. The number of carbonyl (C=O) groups is 1. The van der Waals surface area contributed by atoms with Crippen LogP contribution < -0.4 is 0 Å². The van der Waals surface area contributed by atoms with Crippen LogP contribution in [0.15, 0.2) is 0 Å². The lowest BCUT2D eigenvalue weighted by Gasteiger charge is -2.31. The second kappa shape index (κ2) is 2.86. The van der Waals surface area contributed by atoms with Crippen molar-refractivity contribution < 1.29 is 4.79 Å². The molecule has 2 aliphatic carbocycles. The predicted molar refractivity (Wildman–Crippen MR) is 48.8 cm³/mol. The summed E-state index contributed by atoms with van der Waals surface area (Å²) in [4.78, 5) is 11.6. The first-order valence-corrected chi connectivity index (χ1v) is 5.23. The monoisotopic (exact) mass is 166 g/mol. The Morgan fingerprint density at radius 1 is 1.08 bits per heavy atom. The molecule has 0 unspecified atom stereocenters. The van der Waals surface area contributed by atoms with Gasteiger partial charge in [0.2, 0.25) is 0 Å². The number of rotatable bonds is 0. The molecule has 0 aromatic rings. The molecule has 1 heteroatoms. The van der Waals surface area contributed by atoms with Crippen molar-refractivity contribution in [1.82, 2.24) is 0 Å². The smallest absolute Gasteiger partial charge is 0.136 e. The third-order valence-electron chi connectivity index (χ3n) is 3.98. The Labute approximate surface area is 74.5 Å². The molecule has 0 aromatic heterocycles. The third-order valence-corrected chi connectivity index (χ3v) is 3.98. The Balaban J connectivity index is 2.18. The van der Waals surface area contributed by atoms with Gasteiger partial charge in [-0.1, -0.05) is 13.8 Å². The Morgan fingerprint density at radius 3 is 2.50 bits per heavy atom. The first-order chi connectivity index (χ1) is 5.70. The summed E-state index contributed by atoms with van der Waals surface area (Å²) in [5, 5.41) is 0. The van der Waals surface area contributed by atoms with E-state index in [0.29, 0.717) is 17.6 Å². The Morgan fingerprint density at radius 2 is 1.83 bits per heavy atom. The van der Waals surface area contributed by atoms with Crippen molar-refractivity contribution in [3.8, 4) is 0 Å². The van der Waals surface area contributed by atoms with Crippen molar-refractivity contribution in [1.29, 1.82) is 0 Å². The van der Waals surface area contributed by atoms with Crippen LogP contribution in [-0.4, -0.2) is 5.78 Å². The third kappa shape index (κ3) is 1.10. The molecule has 68 valence electrons. The first-order valence-electron chi connectivity index (χ1n) is 5.23. The second-order valence-electron chi connectivity index (χ2n) is 4.73. The minimum atomic E-state index is 0.439. The van der Waals surface area contributed by atoms with Crippen LogP contribution in [0.3, 0.4) is 0 Å². The normalized spacial score (nSPS) is 47.7. The predicted octanol–water partition coefficient (Wildman–Crippen LogP) is 2.65. The highest BCUT2D eigenvalue weighted by Gasteiger charge is 2.43. The summed E-state index contributed by atoms with van der Waals surface area (Å²) in [7, 11) is 0. The number of Topliss-reactive ketones (excluding diaryl/α,β-unsaturated/α-hetero) is 1. The SMILES string of the molecule is C[C@H]1CCC(=O)[C@H]2[C@H]1CC[C@@H]2C. The zero-order chi connectivity index (χ0) is 8.72. The molecule has 0 N–H and O–H groups in total. The number of hydrogen-bond donors (Lipinski definition) is 0. The van der Waals surface area contributed by atoms with Crippen molar-refractivity contribution in [3.05, 3.63) is 0 Å². The van der Waals surface area contributed by atoms with Crippen molar-refractivity contribution in [3.63, 3.8) is 0 Å². The molecular weight excluding hydrogens is 148 g/mol. The van der Waals surface area contributed by atoms with Crippen molar-refractivity contribution in [2.45, 2.75) is 39.5 Å². The molecule has 4 atom stereocenters. The number of hydrogen-bond acceptors (Lipinski definition) is 1. The van der Waals surface area contributed by atoms with Gasteiger partial charge in [-0.2, -0.15) is 0 Å². The van der Waals surface area contributed by atoms with Gasteiger partial charge in [-0.3, -0.25) is 4.79 Å². The molecule has 0 saturated heterocycles. The van der Waals surface area contributed by atoms with E-state index >= 15 is 0 Å². The molecule has 2 rings (SSSR count). The molecule has 1 nitrogen and oxygen atoms in total. The molecule has 12 heavy (non-hydrogen) atoms. The highest BCUT2D eigenvalue weighted by molar-refractivity contribution is 5.82. The van der Waals surface area contributed by atoms with Crippen LogP contribution >= 0.6 is 0 Å². The van der Waals surface area contributed by atoms with E-state index in [1.54, 1.807) is 0 Å². The first kappa shape index (κ1) is 8.28. The van der Waals surface area contributed by atoms with E-state index in [9.17, 15) is 4.79 Å². The van der Waals surface area contributed by atoms with Crippen LogP contribution in [0.1, 0.15) is 39.5 Å². The summed E-state index contributed by atoms with van der Waals surface area (Å²) in [6.07, 6.45) is 4.59. The lowest BCUT2D eigenvalue weighted by atomic mass is 9.72. The second-order valence-corrected chi connectivity index (χ2v) is 4.73. The average Bonchev–Trinajstić information content (AvgIpc) is 2.42. The van der Waals surface area contributed by atoms with Gasteiger partial charge in [0.15, 0.2) is 0 Å². The van der Waals surface area contributed by atoms with Gasteiger partial charge in [0.05, 0.1) is 0 Å². The maximum absolute atomic E-state index is 11.6. The van der Waals surface area contributed by atoms with E-state index in [2.05, 4.69) is 13.8 Å². The van der Waals surface area contributed by atoms with Crippen LogP contribution in [-0.2, 0) is 4.79 Å². The summed E-state index contributed by atoms with van der Waals surface area (Å²) in [5.74, 6) is 3.21. The van der Waals surface area contributed by atoms with Gasteiger partial charge in [0.25, 0.3) is 0 Å². The zero-order valence-corrected chi connectivity index (χ0v) is 8.05. The quantitative estimate of drug-likeness (QED) is 0.540. The van der Waals surface area contributed by atoms with Crippen molar-refractivity contribution in [2.75, 3.05) is 0 Å². The molecule has 0 aliphatic heterocycles. The van der Waals surface area contributed by atoms with Crippen LogP contribution in [0.4, 0.5) is 0 Å². The molecule has 0 aromatic carbocycles. The Kier molecular flexibility index (Phi) is 1.97. The van der Waals surface area contributed by atoms with Crippen molar-refractivity contribution >= 4 is 5.78 Å².